The molecule has 3 N–H and O–H groups in total. The van der Waals surface area contributed by atoms with Gasteiger partial charge in [0.15, 0.2) is 0 Å². The lowest BCUT2D eigenvalue weighted by atomic mass is 10.0. The molecule has 1 aromatic heterocycles. The van der Waals surface area contributed by atoms with Gasteiger partial charge in [0.05, 0.1) is 0 Å². The highest BCUT2D eigenvalue weighted by atomic mass is 14.7. The highest BCUT2D eigenvalue weighted by molar-refractivity contribution is 5.83. The van der Waals surface area contributed by atoms with Crippen LogP contribution in [0.25, 0.3) is 10.9 Å². The number of nitrogens with one attached hydrogen (secondary N) is 1. The van der Waals surface area contributed by atoms with E-state index in [0.717, 1.165) is 0 Å². The van der Waals surface area contributed by atoms with Gasteiger partial charge in [-0.05, 0) is 29.2 Å². The van der Waals surface area contributed by atoms with E-state index in [-0.39, 0.29) is 0 Å². The van der Waals surface area contributed by atoms with Crippen molar-refractivity contribution in [2.24, 2.45) is 5.73 Å². The lowest BCUT2D eigenvalue weighted by Crippen LogP contribution is -1.94. The summed E-state index contributed by atoms with van der Waals surface area (Å²) in [6.07, 6.45) is 1.99. The molecule has 0 aliphatic heterocycles. The van der Waals surface area contributed by atoms with Crippen molar-refractivity contribution in [3.63, 3.8) is 0 Å². The number of fused-ring (bicyclic) bond motifs is 1. The van der Waals surface area contributed by atoms with Crippen LogP contribution in [-0.2, 0) is 6.54 Å². The quantitative estimate of drug-likeness (QED) is 0.747. The van der Waals surface area contributed by atoms with Crippen molar-refractivity contribution in [1.82, 2.24) is 4.98 Å². The first kappa shape index (κ1) is 9.28. The molecule has 0 saturated carbocycles. The van der Waals surface area contributed by atoms with Crippen LogP contribution in [0.1, 0.15) is 30.9 Å². The molecular formula is C12H16N2. The van der Waals surface area contributed by atoms with E-state index >= 15 is 0 Å². The Balaban J connectivity index is 2.61. The van der Waals surface area contributed by atoms with Crippen molar-refractivity contribution < 1.29 is 0 Å². The molecule has 0 amide bonds. The van der Waals surface area contributed by atoms with Gasteiger partial charge in [-0.15, -0.1) is 0 Å². The smallest absolute Gasteiger partial charge is 0.0457 e. The minimum atomic E-state index is 0.569. The van der Waals surface area contributed by atoms with Crippen LogP contribution < -0.4 is 5.73 Å². The molecule has 2 nitrogen and oxygen atoms in total. The topological polar surface area (TPSA) is 41.8 Å². The summed E-state index contributed by atoms with van der Waals surface area (Å²) in [6.45, 7) is 5.01. The Labute approximate surface area is 84.1 Å². The van der Waals surface area contributed by atoms with E-state index in [9.17, 15) is 0 Å². The first-order valence-corrected chi connectivity index (χ1v) is 5.02. The Morgan fingerprint density at radius 1 is 1.36 bits per heavy atom. The molecule has 0 unspecified atom stereocenters. The largest absolute Gasteiger partial charge is 0.361 e. The maximum absolute atomic E-state index is 5.67. The number of hydrogen-bond donors (Lipinski definition) is 2. The zero-order valence-corrected chi connectivity index (χ0v) is 8.67. The molecule has 1 heterocycles. The number of rotatable bonds is 2. The summed E-state index contributed by atoms with van der Waals surface area (Å²) in [6, 6.07) is 6.53. The van der Waals surface area contributed by atoms with Crippen LogP contribution in [0.3, 0.4) is 0 Å². The summed E-state index contributed by atoms with van der Waals surface area (Å²) in [4.78, 5) is 3.23. The fourth-order valence-corrected chi connectivity index (χ4v) is 1.72. The number of nitrogens with two attached hydrogens (primary N) is 1. The van der Waals surface area contributed by atoms with E-state index in [0.29, 0.717) is 12.5 Å². The molecular weight excluding hydrogens is 172 g/mol. The molecule has 2 rings (SSSR count). The normalized spacial score (nSPS) is 11.4. The third kappa shape index (κ3) is 1.42. The van der Waals surface area contributed by atoms with E-state index in [1.54, 1.807) is 0 Å². The molecule has 0 bridgehead atoms. The highest BCUT2D eigenvalue weighted by Crippen LogP contribution is 2.23. The van der Waals surface area contributed by atoms with Gasteiger partial charge in [-0.3, -0.25) is 0 Å². The third-order valence-corrected chi connectivity index (χ3v) is 2.68. The van der Waals surface area contributed by atoms with Crippen molar-refractivity contribution in [2.75, 3.05) is 0 Å². The van der Waals surface area contributed by atoms with E-state index < -0.39 is 0 Å². The van der Waals surface area contributed by atoms with Gasteiger partial charge in [0.25, 0.3) is 0 Å². The third-order valence-electron chi connectivity index (χ3n) is 2.68. The molecule has 74 valence electrons. The van der Waals surface area contributed by atoms with Crippen LogP contribution in [-0.4, -0.2) is 4.98 Å². The van der Waals surface area contributed by atoms with Gasteiger partial charge in [-0.1, -0.05) is 19.9 Å². The maximum Gasteiger partial charge on any atom is 0.0457 e. The van der Waals surface area contributed by atoms with Gasteiger partial charge in [-0.25, -0.2) is 0 Å². The summed E-state index contributed by atoms with van der Waals surface area (Å²) in [7, 11) is 0. The van der Waals surface area contributed by atoms with Crippen molar-refractivity contribution in [3.05, 3.63) is 35.5 Å². The zero-order valence-electron chi connectivity index (χ0n) is 8.67. The van der Waals surface area contributed by atoms with Crippen LogP contribution in [0.4, 0.5) is 0 Å². The molecule has 2 aromatic rings. The van der Waals surface area contributed by atoms with Crippen LogP contribution >= 0.6 is 0 Å². The van der Waals surface area contributed by atoms with Crippen LogP contribution in [0.5, 0.6) is 0 Å². The average Bonchev–Trinajstić information content (AvgIpc) is 2.59. The monoisotopic (exact) mass is 188 g/mol. The number of aromatic amines is 1. The van der Waals surface area contributed by atoms with Gasteiger partial charge < -0.3 is 10.7 Å². The average molecular weight is 188 g/mol. The molecule has 1 aromatic carbocycles. The number of hydrogen-bond acceptors (Lipinski definition) is 1. The van der Waals surface area contributed by atoms with Gasteiger partial charge >= 0.3 is 0 Å². The van der Waals surface area contributed by atoms with Crippen LogP contribution in [0.15, 0.2) is 24.4 Å². The second-order valence-corrected chi connectivity index (χ2v) is 3.98. The Bertz CT molecular complexity index is 441. The molecule has 2 heteroatoms. The Hall–Kier alpha value is -1.28. The second kappa shape index (κ2) is 3.46. The summed E-state index contributed by atoms with van der Waals surface area (Å²) >= 11 is 0. The van der Waals surface area contributed by atoms with E-state index in [4.69, 9.17) is 5.73 Å². The molecule has 0 fully saturated rings. The summed E-state index contributed by atoms with van der Waals surface area (Å²) in [5, 5.41) is 1.26. The number of H-pyrrole nitrogens is 1. The molecule has 14 heavy (non-hydrogen) atoms. The molecule has 0 saturated heterocycles. The first-order valence-electron chi connectivity index (χ1n) is 5.02. The van der Waals surface area contributed by atoms with Gasteiger partial charge in [0.1, 0.15) is 0 Å². The van der Waals surface area contributed by atoms with Crippen molar-refractivity contribution in [2.45, 2.75) is 26.3 Å². The Kier molecular flexibility index (Phi) is 2.30. The fraction of sp³-hybridized carbons (Fsp3) is 0.333. The summed E-state index contributed by atoms with van der Waals surface area (Å²) in [5.41, 5.74) is 9.41. The molecule has 0 radical (unpaired) electrons. The minimum Gasteiger partial charge on any atom is -0.361 e. The lowest BCUT2D eigenvalue weighted by molar-refractivity contribution is 0.868. The predicted molar refractivity (Wildman–Crippen MR) is 60.3 cm³/mol. The van der Waals surface area contributed by atoms with Crippen LogP contribution in [0, 0.1) is 0 Å². The van der Waals surface area contributed by atoms with Crippen molar-refractivity contribution >= 4 is 10.9 Å². The van der Waals surface area contributed by atoms with E-state index in [2.05, 4.69) is 37.0 Å². The fourth-order valence-electron chi connectivity index (χ4n) is 1.72. The SMILES string of the molecule is CC(C)c1ccc2[nH]cc(CN)c2c1. The highest BCUT2D eigenvalue weighted by Gasteiger charge is 2.04. The minimum absolute atomic E-state index is 0.569. The first-order chi connectivity index (χ1) is 6.72. The zero-order chi connectivity index (χ0) is 10.1. The number of aromatic nitrogens is 1. The maximum atomic E-state index is 5.67. The molecule has 0 atom stereocenters. The predicted octanol–water partition coefficient (Wildman–Crippen LogP) is 2.75. The van der Waals surface area contributed by atoms with Crippen LogP contribution in [0.2, 0.25) is 0 Å². The van der Waals surface area contributed by atoms with Gasteiger partial charge in [0.2, 0.25) is 0 Å². The van der Waals surface area contributed by atoms with Gasteiger partial charge in [-0.2, -0.15) is 0 Å². The summed E-state index contributed by atoms with van der Waals surface area (Å²) < 4.78 is 0. The summed E-state index contributed by atoms with van der Waals surface area (Å²) in [5.74, 6) is 0.569. The Morgan fingerprint density at radius 2 is 2.14 bits per heavy atom. The van der Waals surface area contributed by atoms with Crippen molar-refractivity contribution in [3.8, 4) is 0 Å². The Morgan fingerprint density at radius 3 is 2.79 bits per heavy atom. The van der Waals surface area contributed by atoms with E-state index in [1.807, 2.05) is 6.20 Å². The van der Waals surface area contributed by atoms with Gasteiger partial charge in [0, 0.05) is 23.6 Å². The standard InChI is InChI=1S/C12H16N2/c1-8(2)9-3-4-12-11(5-9)10(6-13)7-14-12/h3-5,7-8,14H,6,13H2,1-2H3. The second-order valence-electron chi connectivity index (χ2n) is 3.98. The van der Waals surface area contributed by atoms with E-state index in [1.165, 1.54) is 22.0 Å². The molecule has 0 spiro atoms. The van der Waals surface area contributed by atoms with Crippen molar-refractivity contribution in [1.29, 1.82) is 0 Å². The lowest BCUT2D eigenvalue weighted by Gasteiger charge is -2.05. The molecule has 0 aliphatic rings. The molecule has 0 aliphatic carbocycles. The number of benzene rings is 1.